The number of carbonyl (C=O) groups is 1. The number of hydrogen-bond donors (Lipinski definition) is 0. The Morgan fingerprint density at radius 2 is 1.94 bits per heavy atom. The molecule has 1 aromatic carbocycles. The maximum Gasteiger partial charge on any atom is 0.344 e. The van der Waals surface area contributed by atoms with E-state index in [1.807, 2.05) is 11.4 Å². The average Bonchev–Trinajstić information content (AvgIpc) is 2.83. The third kappa shape index (κ3) is 2.23. The molecule has 0 amide bonds. The molecule has 0 aliphatic rings. The molecular formula is C12H10O3S. The van der Waals surface area contributed by atoms with E-state index in [0.717, 1.165) is 0 Å². The van der Waals surface area contributed by atoms with Gasteiger partial charge < -0.3 is 9.47 Å². The minimum atomic E-state index is -0.370. The summed E-state index contributed by atoms with van der Waals surface area (Å²) in [5.41, 5.74) is 0.552. The van der Waals surface area contributed by atoms with E-state index < -0.39 is 0 Å². The Balaban J connectivity index is 2.18. The number of methoxy groups -OCH3 is 1. The molecule has 2 aromatic rings. The number of benzene rings is 1. The second-order valence-electron chi connectivity index (χ2n) is 3.05. The molecule has 0 N–H and O–H groups in total. The zero-order chi connectivity index (χ0) is 11.4. The molecule has 0 fully saturated rings. The van der Waals surface area contributed by atoms with Crippen LogP contribution in [0.25, 0.3) is 0 Å². The van der Waals surface area contributed by atoms with E-state index in [4.69, 9.17) is 9.47 Å². The zero-order valence-corrected chi connectivity index (χ0v) is 9.49. The molecule has 3 nitrogen and oxygen atoms in total. The van der Waals surface area contributed by atoms with Crippen molar-refractivity contribution in [2.45, 2.75) is 0 Å². The van der Waals surface area contributed by atoms with Crippen LogP contribution in [0.15, 0.2) is 41.1 Å². The lowest BCUT2D eigenvalue weighted by molar-refractivity contribution is 0.0730. The zero-order valence-electron chi connectivity index (χ0n) is 8.67. The summed E-state index contributed by atoms with van der Waals surface area (Å²) in [4.78, 5) is 11.7. The number of rotatable bonds is 3. The Kier molecular flexibility index (Phi) is 3.22. The van der Waals surface area contributed by atoms with Gasteiger partial charge >= 0.3 is 5.97 Å². The third-order valence-electron chi connectivity index (χ3n) is 2.03. The Morgan fingerprint density at radius 1 is 1.19 bits per heavy atom. The first-order chi connectivity index (χ1) is 7.81. The number of thiophene rings is 1. The van der Waals surface area contributed by atoms with Gasteiger partial charge in [0.25, 0.3) is 0 Å². The predicted molar refractivity (Wildman–Crippen MR) is 62.3 cm³/mol. The summed E-state index contributed by atoms with van der Waals surface area (Å²) >= 11 is 1.46. The lowest BCUT2D eigenvalue weighted by Gasteiger charge is -2.07. The normalized spacial score (nSPS) is 9.81. The first-order valence-corrected chi connectivity index (χ1v) is 5.63. The number of carbonyl (C=O) groups excluding carboxylic acids is 1. The van der Waals surface area contributed by atoms with Crippen LogP contribution in [0.1, 0.15) is 10.4 Å². The summed E-state index contributed by atoms with van der Waals surface area (Å²) in [6.45, 7) is 0. The largest absolute Gasteiger partial charge is 0.493 e. The van der Waals surface area contributed by atoms with E-state index in [-0.39, 0.29) is 5.97 Å². The van der Waals surface area contributed by atoms with Crippen molar-refractivity contribution in [3.63, 3.8) is 0 Å². The third-order valence-corrected chi connectivity index (χ3v) is 2.71. The molecule has 0 bridgehead atoms. The Labute approximate surface area is 97.2 Å². The van der Waals surface area contributed by atoms with Crippen LogP contribution in [-0.2, 0) is 0 Å². The molecule has 2 rings (SSSR count). The summed E-state index contributed by atoms with van der Waals surface area (Å²) in [5, 5.41) is 3.58. The van der Waals surface area contributed by atoms with Gasteiger partial charge in [0.05, 0.1) is 12.7 Å². The van der Waals surface area contributed by atoms with E-state index in [2.05, 4.69) is 0 Å². The van der Waals surface area contributed by atoms with Crippen molar-refractivity contribution in [2.24, 2.45) is 0 Å². The first kappa shape index (κ1) is 10.7. The molecule has 1 heterocycles. The molecule has 0 radical (unpaired) electrons. The highest BCUT2D eigenvalue weighted by atomic mass is 32.1. The van der Waals surface area contributed by atoms with Gasteiger partial charge in [-0.2, -0.15) is 11.3 Å². The van der Waals surface area contributed by atoms with Gasteiger partial charge in [0.1, 0.15) is 0 Å². The lowest BCUT2D eigenvalue weighted by atomic mass is 10.3. The van der Waals surface area contributed by atoms with Crippen LogP contribution in [0.2, 0.25) is 0 Å². The van der Waals surface area contributed by atoms with E-state index in [9.17, 15) is 4.79 Å². The fourth-order valence-corrected chi connectivity index (χ4v) is 1.87. The van der Waals surface area contributed by atoms with Gasteiger partial charge in [-0.1, -0.05) is 12.1 Å². The highest BCUT2D eigenvalue weighted by molar-refractivity contribution is 7.08. The van der Waals surface area contributed by atoms with Crippen molar-refractivity contribution in [3.8, 4) is 11.5 Å². The van der Waals surface area contributed by atoms with Gasteiger partial charge in [0.2, 0.25) is 0 Å². The van der Waals surface area contributed by atoms with Crippen LogP contribution in [0.3, 0.4) is 0 Å². The molecule has 0 saturated carbocycles. The highest BCUT2D eigenvalue weighted by Gasteiger charge is 2.11. The average molecular weight is 234 g/mol. The van der Waals surface area contributed by atoms with Crippen LogP contribution in [0.5, 0.6) is 11.5 Å². The van der Waals surface area contributed by atoms with Crippen molar-refractivity contribution in [2.75, 3.05) is 7.11 Å². The molecular weight excluding hydrogens is 224 g/mol. The quantitative estimate of drug-likeness (QED) is 0.605. The van der Waals surface area contributed by atoms with E-state index in [1.54, 1.807) is 29.6 Å². The second kappa shape index (κ2) is 4.81. The molecule has 0 atom stereocenters. The molecule has 4 heteroatoms. The summed E-state index contributed by atoms with van der Waals surface area (Å²) < 4.78 is 10.3. The standard InChI is InChI=1S/C12H10O3S/c1-14-10-4-2-3-5-11(10)15-12(13)9-6-7-16-8-9/h2-8H,1H3. The maximum atomic E-state index is 11.7. The van der Waals surface area contributed by atoms with Crippen LogP contribution in [-0.4, -0.2) is 13.1 Å². The number of para-hydroxylation sites is 2. The van der Waals surface area contributed by atoms with Gasteiger partial charge in [0.15, 0.2) is 11.5 Å². The van der Waals surface area contributed by atoms with Gasteiger partial charge in [0, 0.05) is 5.38 Å². The molecule has 0 aliphatic heterocycles. The lowest BCUT2D eigenvalue weighted by Crippen LogP contribution is -2.07. The number of ether oxygens (including phenoxy) is 2. The molecule has 1 aromatic heterocycles. The molecule has 0 unspecified atom stereocenters. The summed E-state index contributed by atoms with van der Waals surface area (Å²) in [6.07, 6.45) is 0. The Morgan fingerprint density at radius 3 is 2.56 bits per heavy atom. The van der Waals surface area contributed by atoms with Crippen molar-refractivity contribution >= 4 is 17.3 Å². The topological polar surface area (TPSA) is 35.5 Å². The first-order valence-electron chi connectivity index (χ1n) is 4.68. The predicted octanol–water partition coefficient (Wildman–Crippen LogP) is 2.98. The molecule has 0 saturated heterocycles. The minimum absolute atomic E-state index is 0.370. The van der Waals surface area contributed by atoms with E-state index in [1.165, 1.54) is 18.4 Å². The summed E-state index contributed by atoms with van der Waals surface area (Å²) in [6, 6.07) is 8.78. The van der Waals surface area contributed by atoms with Crippen LogP contribution in [0, 0.1) is 0 Å². The van der Waals surface area contributed by atoms with Crippen molar-refractivity contribution in [3.05, 3.63) is 46.7 Å². The summed E-state index contributed by atoms with van der Waals surface area (Å²) in [7, 11) is 1.54. The smallest absolute Gasteiger partial charge is 0.344 e. The fraction of sp³-hybridized carbons (Fsp3) is 0.0833. The molecule has 0 aliphatic carbocycles. The Bertz CT molecular complexity index is 477. The van der Waals surface area contributed by atoms with E-state index in [0.29, 0.717) is 17.1 Å². The molecule has 16 heavy (non-hydrogen) atoms. The van der Waals surface area contributed by atoms with Crippen LogP contribution < -0.4 is 9.47 Å². The van der Waals surface area contributed by atoms with Gasteiger partial charge in [-0.3, -0.25) is 0 Å². The van der Waals surface area contributed by atoms with Crippen molar-refractivity contribution < 1.29 is 14.3 Å². The SMILES string of the molecule is COc1ccccc1OC(=O)c1ccsc1. The molecule has 82 valence electrons. The monoisotopic (exact) mass is 234 g/mol. The van der Waals surface area contributed by atoms with Crippen LogP contribution >= 0.6 is 11.3 Å². The minimum Gasteiger partial charge on any atom is -0.493 e. The van der Waals surface area contributed by atoms with Gasteiger partial charge in [-0.25, -0.2) is 4.79 Å². The number of esters is 1. The molecule has 0 spiro atoms. The van der Waals surface area contributed by atoms with Crippen LogP contribution in [0.4, 0.5) is 0 Å². The van der Waals surface area contributed by atoms with Crippen molar-refractivity contribution in [1.29, 1.82) is 0 Å². The fourth-order valence-electron chi connectivity index (χ4n) is 1.24. The highest BCUT2D eigenvalue weighted by Crippen LogP contribution is 2.26. The summed E-state index contributed by atoms with van der Waals surface area (Å²) in [5.74, 6) is 0.609. The van der Waals surface area contributed by atoms with Gasteiger partial charge in [-0.05, 0) is 23.6 Å². The van der Waals surface area contributed by atoms with Crippen molar-refractivity contribution in [1.82, 2.24) is 0 Å². The Hall–Kier alpha value is -1.81. The maximum absolute atomic E-state index is 11.7. The van der Waals surface area contributed by atoms with E-state index >= 15 is 0 Å². The number of hydrogen-bond acceptors (Lipinski definition) is 4. The second-order valence-corrected chi connectivity index (χ2v) is 3.83. The van der Waals surface area contributed by atoms with Gasteiger partial charge in [-0.15, -0.1) is 0 Å².